The van der Waals surface area contributed by atoms with E-state index in [1.165, 1.54) is 17.7 Å². The summed E-state index contributed by atoms with van der Waals surface area (Å²) in [6.07, 6.45) is 8.34. The van der Waals surface area contributed by atoms with Crippen molar-refractivity contribution in [1.82, 2.24) is 14.8 Å². The molecule has 0 bridgehead atoms. The van der Waals surface area contributed by atoms with E-state index in [-0.39, 0.29) is 17.9 Å². The second-order valence-corrected chi connectivity index (χ2v) is 9.26. The van der Waals surface area contributed by atoms with Gasteiger partial charge >= 0.3 is 6.03 Å². The van der Waals surface area contributed by atoms with Crippen LogP contribution in [0.3, 0.4) is 0 Å². The van der Waals surface area contributed by atoms with E-state index >= 15 is 0 Å². The molecule has 2 amide bonds. The summed E-state index contributed by atoms with van der Waals surface area (Å²) in [5.74, 6) is -0.257. The molecule has 7 heteroatoms. The fourth-order valence-electron chi connectivity index (χ4n) is 4.79. The number of nitrogens with zero attached hydrogens (tertiary/aromatic N) is 5. The van der Waals surface area contributed by atoms with Crippen molar-refractivity contribution in [3.05, 3.63) is 96.1 Å². The van der Waals surface area contributed by atoms with Gasteiger partial charge < -0.3 is 4.90 Å². The zero-order valence-corrected chi connectivity index (χ0v) is 20.4. The molecule has 1 fully saturated rings. The van der Waals surface area contributed by atoms with Gasteiger partial charge in [-0.25, -0.2) is 9.18 Å². The highest BCUT2D eigenvalue weighted by molar-refractivity contribution is 5.93. The third kappa shape index (κ3) is 5.36. The average Bonchev–Trinajstić information content (AvgIpc) is 3.38. The van der Waals surface area contributed by atoms with Gasteiger partial charge in [-0.2, -0.15) is 0 Å². The number of aliphatic imine (C=N–C) groups is 1. The van der Waals surface area contributed by atoms with Crippen LogP contribution < -0.4 is 4.90 Å². The van der Waals surface area contributed by atoms with E-state index in [0.29, 0.717) is 13.2 Å². The van der Waals surface area contributed by atoms with Gasteiger partial charge in [-0.1, -0.05) is 36.4 Å². The molecule has 3 aromatic rings. The molecule has 184 valence electrons. The number of hydrogen-bond acceptors (Lipinski definition) is 4. The predicted molar refractivity (Wildman–Crippen MR) is 142 cm³/mol. The van der Waals surface area contributed by atoms with Crippen LogP contribution in [0.15, 0.2) is 84.0 Å². The number of likely N-dealkylation sites (tertiary alicyclic amines) is 1. The Labute approximate surface area is 211 Å². The lowest BCUT2D eigenvalue weighted by molar-refractivity contribution is 0.182. The Balaban J connectivity index is 1.32. The largest absolute Gasteiger partial charge is 0.326 e. The molecule has 36 heavy (non-hydrogen) atoms. The number of carbonyl (C=O) groups is 1. The van der Waals surface area contributed by atoms with Crippen LogP contribution in [0.4, 0.5) is 14.9 Å². The first-order chi connectivity index (χ1) is 17.6. The summed E-state index contributed by atoms with van der Waals surface area (Å²) >= 11 is 0. The lowest BCUT2D eigenvalue weighted by Crippen LogP contribution is -2.49. The minimum Gasteiger partial charge on any atom is -0.300 e. The van der Waals surface area contributed by atoms with Crippen LogP contribution in [0, 0.1) is 12.7 Å². The summed E-state index contributed by atoms with van der Waals surface area (Å²) < 4.78 is 13.3. The highest BCUT2D eigenvalue weighted by atomic mass is 19.1. The Morgan fingerprint density at radius 3 is 2.53 bits per heavy atom. The minimum absolute atomic E-state index is 0.0471. The lowest BCUT2D eigenvalue weighted by Gasteiger charge is -2.33. The van der Waals surface area contributed by atoms with E-state index in [9.17, 15) is 9.18 Å². The third-order valence-electron chi connectivity index (χ3n) is 6.86. The molecule has 6 nitrogen and oxygen atoms in total. The average molecular weight is 484 g/mol. The van der Waals surface area contributed by atoms with Gasteiger partial charge in [0.05, 0.1) is 5.69 Å². The molecule has 2 aliphatic rings. The Bertz CT molecular complexity index is 1260. The molecule has 0 N–H and O–H groups in total. The first kappa shape index (κ1) is 23.9. The smallest absolute Gasteiger partial charge is 0.300 e. The number of hydrogen-bond donors (Lipinski definition) is 0. The number of amides is 2. The van der Waals surface area contributed by atoms with Crippen molar-refractivity contribution < 1.29 is 9.18 Å². The van der Waals surface area contributed by atoms with Gasteiger partial charge in [0.2, 0.25) is 0 Å². The highest BCUT2D eigenvalue weighted by Crippen LogP contribution is 2.26. The number of urea groups is 1. The van der Waals surface area contributed by atoms with Crippen molar-refractivity contribution in [2.24, 2.45) is 4.99 Å². The van der Waals surface area contributed by atoms with Gasteiger partial charge in [0.25, 0.3) is 0 Å². The van der Waals surface area contributed by atoms with Crippen LogP contribution >= 0.6 is 0 Å². The summed E-state index contributed by atoms with van der Waals surface area (Å²) in [7, 11) is 0. The normalized spacial score (nSPS) is 20.6. The van der Waals surface area contributed by atoms with Crippen LogP contribution in [0.2, 0.25) is 0 Å². The Morgan fingerprint density at radius 1 is 1.03 bits per heavy atom. The molecule has 0 spiro atoms. The second kappa shape index (κ2) is 10.8. The van der Waals surface area contributed by atoms with Gasteiger partial charge in [0.1, 0.15) is 12.5 Å². The summed E-state index contributed by atoms with van der Waals surface area (Å²) in [6, 6.07) is 18.4. The maximum atomic E-state index is 13.8. The predicted octanol–water partition coefficient (Wildman–Crippen LogP) is 5.30. The summed E-state index contributed by atoms with van der Waals surface area (Å²) in [6.45, 7) is 5.36. The number of halogens is 1. The Kier molecular flexibility index (Phi) is 7.18. The molecular weight excluding hydrogens is 453 g/mol. The van der Waals surface area contributed by atoms with E-state index < -0.39 is 0 Å². The number of pyridine rings is 1. The monoisotopic (exact) mass is 483 g/mol. The van der Waals surface area contributed by atoms with Crippen LogP contribution in [0.25, 0.3) is 11.1 Å². The van der Waals surface area contributed by atoms with Crippen molar-refractivity contribution >= 4 is 17.9 Å². The van der Waals surface area contributed by atoms with Crippen molar-refractivity contribution in [1.29, 1.82) is 0 Å². The highest BCUT2D eigenvalue weighted by Gasteiger charge is 2.33. The number of aryl methyl sites for hydroxylation is 1. The lowest BCUT2D eigenvalue weighted by atomic mass is 10.1. The van der Waals surface area contributed by atoms with Gasteiger partial charge in [-0.3, -0.25) is 19.8 Å². The molecule has 2 aliphatic heterocycles. The fourth-order valence-corrected chi connectivity index (χ4v) is 4.79. The summed E-state index contributed by atoms with van der Waals surface area (Å²) in [4.78, 5) is 28.9. The third-order valence-corrected chi connectivity index (χ3v) is 6.86. The maximum absolute atomic E-state index is 13.8. The van der Waals surface area contributed by atoms with E-state index in [0.717, 1.165) is 48.6 Å². The summed E-state index contributed by atoms with van der Waals surface area (Å²) in [5.41, 5.74) is 5.00. The number of rotatable bonds is 5. The number of allylic oxidation sites excluding steroid dienone is 1. The molecule has 0 aliphatic carbocycles. The van der Waals surface area contributed by atoms with Crippen molar-refractivity contribution in [3.63, 3.8) is 0 Å². The number of benzene rings is 2. The molecule has 2 aromatic carbocycles. The minimum atomic E-state index is -0.257. The quantitative estimate of drug-likeness (QED) is 0.495. The standard InChI is InChI=1S/C29H30FN5O/c1-22-5-4-16-32-28(22)20-33-18-14-27(19-33)35-21-31-15-2-3-17-34(29(35)36)26-12-8-24(9-13-26)23-6-10-25(30)11-7-23/h2-13,15-16,27H,14,17-21H2,1H3/b3-2-,31-15-. The van der Waals surface area contributed by atoms with Crippen LogP contribution in [0.5, 0.6) is 0 Å². The van der Waals surface area contributed by atoms with Gasteiger partial charge in [-0.15, -0.1) is 0 Å². The zero-order chi connectivity index (χ0) is 24.9. The molecule has 5 rings (SSSR count). The van der Waals surface area contributed by atoms with Gasteiger partial charge in [0, 0.05) is 50.3 Å². The number of aromatic nitrogens is 1. The Morgan fingerprint density at radius 2 is 1.78 bits per heavy atom. The SMILES string of the molecule is Cc1cccnc1CN1CCC(N2C/N=C\C=C/CN(c3ccc(-c4ccc(F)cc4)cc3)C2=O)C1. The molecule has 1 aromatic heterocycles. The van der Waals surface area contributed by atoms with E-state index in [1.54, 1.807) is 23.2 Å². The molecule has 0 radical (unpaired) electrons. The van der Waals surface area contributed by atoms with Crippen LogP contribution in [-0.2, 0) is 6.54 Å². The molecule has 1 saturated heterocycles. The van der Waals surface area contributed by atoms with Crippen LogP contribution in [0.1, 0.15) is 17.7 Å². The fraction of sp³-hybridized carbons (Fsp3) is 0.276. The molecular formula is C29H30FN5O. The van der Waals surface area contributed by atoms with E-state index in [2.05, 4.69) is 27.9 Å². The van der Waals surface area contributed by atoms with Gasteiger partial charge in [0.15, 0.2) is 0 Å². The second-order valence-electron chi connectivity index (χ2n) is 9.26. The first-order valence-corrected chi connectivity index (χ1v) is 12.3. The first-order valence-electron chi connectivity index (χ1n) is 12.3. The molecule has 3 heterocycles. The number of carbonyl (C=O) groups excluding carboxylic acids is 1. The van der Waals surface area contributed by atoms with E-state index in [4.69, 9.17) is 0 Å². The van der Waals surface area contributed by atoms with Gasteiger partial charge in [-0.05, 0) is 66.4 Å². The molecule has 0 saturated carbocycles. The van der Waals surface area contributed by atoms with Crippen molar-refractivity contribution in [3.8, 4) is 11.1 Å². The van der Waals surface area contributed by atoms with Crippen LogP contribution in [-0.4, -0.2) is 59.4 Å². The molecule has 1 atom stereocenters. The van der Waals surface area contributed by atoms with Crippen molar-refractivity contribution in [2.45, 2.75) is 25.9 Å². The Hall–Kier alpha value is -3.84. The summed E-state index contributed by atoms with van der Waals surface area (Å²) in [5, 5.41) is 0. The zero-order valence-electron chi connectivity index (χ0n) is 20.4. The number of anilines is 1. The maximum Gasteiger partial charge on any atom is 0.326 e. The molecule has 1 unspecified atom stereocenters. The van der Waals surface area contributed by atoms with E-state index in [1.807, 2.05) is 53.6 Å². The topological polar surface area (TPSA) is 52.0 Å². The van der Waals surface area contributed by atoms with Crippen molar-refractivity contribution in [2.75, 3.05) is 31.2 Å².